The zero-order valence-corrected chi connectivity index (χ0v) is 11.2. The molecule has 0 radical (unpaired) electrons. The molecular weight excluding hydrogens is 234 g/mol. The van der Waals surface area contributed by atoms with Gasteiger partial charge < -0.3 is 15.3 Å². The average Bonchev–Trinajstić information content (AvgIpc) is 3.11. The number of hydrogen-bond donors (Lipinski definition) is 2. The van der Waals surface area contributed by atoms with Crippen molar-refractivity contribution in [1.29, 1.82) is 0 Å². The second-order valence-electron chi connectivity index (χ2n) is 4.68. The van der Waals surface area contributed by atoms with Crippen LogP contribution in [0.1, 0.15) is 19.8 Å². The molecule has 0 aliphatic heterocycles. The maximum atomic E-state index is 11.8. The third-order valence-corrected chi connectivity index (χ3v) is 2.97. The first-order chi connectivity index (χ1) is 8.56. The van der Waals surface area contributed by atoms with Crippen molar-refractivity contribution in [1.82, 2.24) is 15.1 Å². The summed E-state index contributed by atoms with van der Waals surface area (Å²) in [5, 5.41) is 11.7. The number of hydrogen-bond acceptors (Lipinski definition) is 4. The monoisotopic (exact) mass is 257 g/mol. The Balaban J connectivity index is 2.27. The number of carbonyl (C=O) groups excluding carboxylic acids is 2. The smallest absolute Gasteiger partial charge is 0.239 e. The van der Waals surface area contributed by atoms with Crippen LogP contribution in [0.4, 0.5) is 0 Å². The van der Waals surface area contributed by atoms with Gasteiger partial charge in [-0.2, -0.15) is 0 Å². The van der Waals surface area contributed by atoms with E-state index >= 15 is 0 Å². The molecule has 6 nitrogen and oxygen atoms in total. The Labute approximate surface area is 108 Å². The molecule has 0 heterocycles. The van der Waals surface area contributed by atoms with Gasteiger partial charge in [0.25, 0.3) is 0 Å². The van der Waals surface area contributed by atoms with Crippen LogP contribution in [-0.2, 0) is 9.59 Å². The first kappa shape index (κ1) is 14.9. The molecule has 104 valence electrons. The Morgan fingerprint density at radius 3 is 2.50 bits per heavy atom. The van der Waals surface area contributed by atoms with E-state index in [1.807, 2.05) is 11.8 Å². The van der Waals surface area contributed by atoms with Gasteiger partial charge >= 0.3 is 0 Å². The molecule has 18 heavy (non-hydrogen) atoms. The van der Waals surface area contributed by atoms with E-state index in [1.165, 1.54) is 4.90 Å². The maximum Gasteiger partial charge on any atom is 0.239 e. The first-order valence-corrected chi connectivity index (χ1v) is 6.43. The average molecular weight is 257 g/mol. The van der Waals surface area contributed by atoms with Crippen LogP contribution in [0, 0.1) is 0 Å². The molecular formula is C12H23N3O3. The molecule has 1 aliphatic carbocycles. The van der Waals surface area contributed by atoms with Crippen molar-refractivity contribution in [2.24, 2.45) is 0 Å². The highest BCUT2D eigenvalue weighted by molar-refractivity contribution is 5.85. The van der Waals surface area contributed by atoms with Gasteiger partial charge in [-0.15, -0.1) is 0 Å². The van der Waals surface area contributed by atoms with Gasteiger partial charge in [0.2, 0.25) is 11.8 Å². The molecule has 0 spiro atoms. The van der Waals surface area contributed by atoms with Crippen molar-refractivity contribution in [3.05, 3.63) is 0 Å². The van der Waals surface area contributed by atoms with Crippen molar-refractivity contribution < 1.29 is 14.7 Å². The lowest BCUT2D eigenvalue weighted by Gasteiger charge is -2.23. The SMILES string of the molecule is CCN(CCO)CC(=O)N(C)CC(=O)NC1CC1. The molecule has 1 fully saturated rings. The highest BCUT2D eigenvalue weighted by atomic mass is 16.3. The fourth-order valence-corrected chi connectivity index (χ4v) is 1.61. The van der Waals surface area contributed by atoms with E-state index in [9.17, 15) is 9.59 Å². The largest absolute Gasteiger partial charge is 0.395 e. The zero-order chi connectivity index (χ0) is 13.5. The van der Waals surface area contributed by atoms with E-state index in [4.69, 9.17) is 5.11 Å². The van der Waals surface area contributed by atoms with Gasteiger partial charge in [0.05, 0.1) is 19.7 Å². The second-order valence-corrected chi connectivity index (χ2v) is 4.68. The van der Waals surface area contributed by atoms with Crippen LogP contribution in [0.2, 0.25) is 0 Å². The fraction of sp³-hybridized carbons (Fsp3) is 0.833. The van der Waals surface area contributed by atoms with Crippen LogP contribution >= 0.6 is 0 Å². The lowest BCUT2D eigenvalue weighted by molar-refractivity contribution is -0.135. The number of nitrogens with one attached hydrogen (secondary N) is 1. The number of nitrogens with zero attached hydrogens (tertiary/aromatic N) is 2. The van der Waals surface area contributed by atoms with Crippen LogP contribution in [-0.4, -0.2) is 72.6 Å². The van der Waals surface area contributed by atoms with E-state index in [0.717, 1.165) is 12.8 Å². The van der Waals surface area contributed by atoms with E-state index in [1.54, 1.807) is 7.05 Å². The van der Waals surface area contributed by atoms with Crippen LogP contribution < -0.4 is 5.32 Å². The van der Waals surface area contributed by atoms with Crippen LogP contribution in [0.5, 0.6) is 0 Å². The number of amides is 2. The molecule has 0 aromatic carbocycles. The summed E-state index contributed by atoms with van der Waals surface area (Å²) in [5.41, 5.74) is 0. The van der Waals surface area contributed by atoms with Crippen molar-refractivity contribution >= 4 is 11.8 Å². The molecule has 0 saturated heterocycles. The van der Waals surface area contributed by atoms with Crippen molar-refractivity contribution in [2.45, 2.75) is 25.8 Å². The van der Waals surface area contributed by atoms with Gasteiger partial charge in [-0.1, -0.05) is 6.92 Å². The Morgan fingerprint density at radius 1 is 1.33 bits per heavy atom. The minimum Gasteiger partial charge on any atom is -0.395 e. The Morgan fingerprint density at radius 2 is 2.00 bits per heavy atom. The molecule has 0 aromatic rings. The Kier molecular flexibility index (Phi) is 6.07. The molecule has 0 bridgehead atoms. The van der Waals surface area contributed by atoms with E-state index < -0.39 is 0 Å². The number of carbonyl (C=O) groups is 2. The fourth-order valence-electron chi connectivity index (χ4n) is 1.61. The minimum atomic E-state index is -0.101. The molecule has 2 amide bonds. The summed E-state index contributed by atoms with van der Waals surface area (Å²) in [4.78, 5) is 26.7. The molecule has 0 atom stereocenters. The number of likely N-dealkylation sites (N-methyl/N-ethyl adjacent to an activating group) is 2. The van der Waals surface area contributed by atoms with Crippen LogP contribution in [0.25, 0.3) is 0 Å². The van der Waals surface area contributed by atoms with Crippen molar-refractivity contribution in [3.63, 3.8) is 0 Å². The summed E-state index contributed by atoms with van der Waals surface area (Å²) in [6.07, 6.45) is 2.09. The summed E-state index contributed by atoms with van der Waals surface area (Å²) in [6.45, 7) is 3.49. The van der Waals surface area contributed by atoms with Crippen LogP contribution in [0.3, 0.4) is 0 Å². The van der Waals surface area contributed by atoms with E-state index in [-0.39, 0.29) is 31.5 Å². The van der Waals surface area contributed by atoms with Gasteiger partial charge in [0, 0.05) is 19.6 Å². The van der Waals surface area contributed by atoms with Gasteiger partial charge in [-0.05, 0) is 19.4 Å². The summed E-state index contributed by atoms with van der Waals surface area (Å²) < 4.78 is 0. The molecule has 0 unspecified atom stereocenters. The lowest BCUT2D eigenvalue weighted by atomic mass is 10.4. The molecule has 1 rings (SSSR count). The standard InChI is InChI=1S/C12H23N3O3/c1-3-15(6-7-16)9-12(18)14(2)8-11(17)13-10-4-5-10/h10,16H,3-9H2,1-2H3,(H,13,17). The van der Waals surface area contributed by atoms with Crippen molar-refractivity contribution in [3.8, 4) is 0 Å². The number of rotatable bonds is 8. The molecule has 1 aliphatic rings. The predicted octanol–water partition coefficient (Wildman–Crippen LogP) is -0.962. The predicted molar refractivity (Wildman–Crippen MR) is 68.0 cm³/mol. The Hall–Kier alpha value is -1.14. The minimum absolute atomic E-state index is 0.0347. The third-order valence-electron chi connectivity index (χ3n) is 2.97. The second kappa shape index (κ2) is 7.33. The topological polar surface area (TPSA) is 72.9 Å². The lowest BCUT2D eigenvalue weighted by Crippen LogP contribution is -2.44. The van der Waals surface area contributed by atoms with Gasteiger partial charge in [0.1, 0.15) is 0 Å². The third kappa shape index (κ3) is 5.46. The highest BCUT2D eigenvalue weighted by Crippen LogP contribution is 2.18. The summed E-state index contributed by atoms with van der Waals surface area (Å²) >= 11 is 0. The summed E-state index contributed by atoms with van der Waals surface area (Å²) in [5.74, 6) is -0.199. The maximum absolute atomic E-state index is 11.8. The van der Waals surface area contributed by atoms with E-state index in [0.29, 0.717) is 19.1 Å². The quantitative estimate of drug-likeness (QED) is 0.587. The van der Waals surface area contributed by atoms with E-state index in [2.05, 4.69) is 5.32 Å². The molecule has 0 aromatic heterocycles. The van der Waals surface area contributed by atoms with Gasteiger partial charge in [0.15, 0.2) is 0 Å². The van der Waals surface area contributed by atoms with Gasteiger partial charge in [-0.3, -0.25) is 14.5 Å². The first-order valence-electron chi connectivity index (χ1n) is 6.43. The summed E-state index contributed by atoms with van der Waals surface area (Å²) in [7, 11) is 1.63. The highest BCUT2D eigenvalue weighted by Gasteiger charge is 2.24. The van der Waals surface area contributed by atoms with Crippen LogP contribution in [0.15, 0.2) is 0 Å². The Bertz CT molecular complexity index is 292. The normalized spacial score (nSPS) is 14.7. The number of aliphatic hydroxyl groups excluding tert-OH is 1. The molecule has 6 heteroatoms. The molecule has 1 saturated carbocycles. The number of aliphatic hydroxyl groups is 1. The zero-order valence-electron chi connectivity index (χ0n) is 11.2. The summed E-state index contributed by atoms with van der Waals surface area (Å²) in [6, 6.07) is 0.322. The van der Waals surface area contributed by atoms with Gasteiger partial charge in [-0.25, -0.2) is 0 Å². The van der Waals surface area contributed by atoms with Crippen molar-refractivity contribution in [2.75, 3.05) is 39.8 Å². The molecule has 2 N–H and O–H groups in total.